The minimum atomic E-state index is -1.13. The topological polar surface area (TPSA) is 53.5 Å². The maximum Gasteiger partial charge on any atom is 0.136 e. The summed E-state index contributed by atoms with van der Waals surface area (Å²) in [7, 11) is 1.67. The van der Waals surface area contributed by atoms with Gasteiger partial charge in [-0.05, 0) is 33.8 Å². The molecule has 4 nitrogen and oxygen atoms in total. The normalized spacial score (nSPS) is 26.9. The summed E-state index contributed by atoms with van der Waals surface area (Å²) < 4.78 is 26.8. The molecular weight excluding hydrogens is 286 g/mol. The average molecular weight is 311 g/mol. The van der Waals surface area contributed by atoms with Gasteiger partial charge in [-0.2, -0.15) is 0 Å². The predicted octanol–water partition coefficient (Wildman–Crippen LogP) is 2.97. The Morgan fingerprint density at radius 1 is 1.43 bits per heavy atom. The number of hydrogen-bond acceptors (Lipinski definition) is 4. The Hall–Kier alpha value is -0.750. The third kappa shape index (κ3) is 3.92. The van der Waals surface area contributed by atoms with E-state index < -0.39 is 17.0 Å². The largest absolute Gasteiger partial charge is 0.598 e. The molecule has 0 aromatic heterocycles. The van der Waals surface area contributed by atoms with Crippen LogP contribution in [0.25, 0.3) is 0 Å². The molecule has 0 saturated carbocycles. The highest BCUT2D eigenvalue weighted by molar-refractivity contribution is 7.90. The smallest absolute Gasteiger partial charge is 0.136 e. The molecule has 2 rings (SSSR count). The quantitative estimate of drug-likeness (QED) is 0.869. The lowest BCUT2D eigenvalue weighted by atomic mass is 9.89. The highest BCUT2D eigenvalue weighted by Gasteiger charge is 2.40. The Balaban J connectivity index is 2.27. The van der Waals surface area contributed by atoms with Crippen LogP contribution < -0.4 is 9.46 Å². The predicted molar refractivity (Wildman–Crippen MR) is 85.7 cm³/mol. The second kappa shape index (κ2) is 6.16. The fourth-order valence-electron chi connectivity index (χ4n) is 2.52. The standard InChI is InChI=1S/C16H25NO3S/c1-15(2,3)21(18)17-13-10-16(4,11-19-5)20-14-9-7-6-8-12(13)14/h6-9,13,17H,10-11H2,1-5H3/t13-,16?,21-/m1/s1. The molecule has 0 spiro atoms. The Morgan fingerprint density at radius 3 is 2.71 bits per heavy atom. The van der Waals surface area contributed by atoms with Gasteiger partial charge in [0.25, 0.3) is 0 Å². The summed E-state index contributed by atoms with van der Waals surface area (Å²) in [4.78, 5) is 0. The van der Waals surface area contributed by atoms with Crippen LogP contribution in [0.5, 0.6) is 5.75 Å². The van der Waals surface area contributed by atoms with E-state index in [-0.39, 0.29) is 10.8 Å². The number of methoxy groups -OCH3 is 1. The molecule has 1 heterocycles. The van der Waals surface area contributed by atoms with Crippen LogP contribution in [0.2, 0.25) is 0 Å². The number of para-hydroxylation sites is 1. The molecule has 3 atom stereocenters. The van der Waals surface area contributed by atoms with Crippen molar-refractivity contribution in [3.63, 3.8) is 0 Å². The number of fused-ring (bicyclic) bond motifs is 1. The zero-order valence-corrected chi connectivity index (χ0v) is 14.3. The summed E-state index contributed by atoms with van der Waals surface area (Å²) in [6, 6.07) is 7.91. The molecular formula is C16H25NO3S. The average Bonchev–Trinajstić information content (AvgIpc) is 2.37. The maximum atomic E-state index is 12.4. The van der Waals surface area contributed by atoms with Crippen LogP contribution in [-0.2, 0) is 16.1 Å². The van der Waals surface area contributed by atoms with Gasteiger partial charge in [-0.25, -0.2) is 0 Å². The van der Waals surface area contributed by atoms with E-state index in [0.717, 1.165) is 17.7 Å². The first-order valence-electron chi connectivity index (χ1n) is 7.20. The van der Waals surface area contributed by atoms with Crippen molar-refractivity contribution in [2.24, 2.45) is 0 Å². The Morgan fingerprint density at radius 2 is 2.10 bits per heavy atom. The highest BCUT2D eigenvalue weighted by Crippen LogP contribution is 2.40. The van der Waals surface area contributed by atoms with Crippen LogP contribution in [0, 0.1) is 0 Å². The molecule has 5 heteroatoms. The first kappa shape index (κ1) is 16.6. The fourth-order valence-corrected chi connectivity index (χ4v) is 3.34. The second-order valence-corrected chi connectivity index (χ2v) is 8.78. The molecule has 21 heavy (non-hydrogen) atoms. The van der Waals surface area contributed by atoms with Gasteiger partial charge in [-0.15, -0.1) is 4.72 Å². The van der Waals surface area contributed by atoms with Gasteiger partial charge in [0.2, 0.25) is 0 Å². The molecule has 0 saturated heterocycles. The first-order chi connectivity index (χ1) is 9.75. The van der Waals surface area contributed by atoms with Gasteiger partial charge >= 0.3 is 0 Å². The fraction of sp³-hybridized carbons (Fsp3) is 0.625. The molecule has 0 amide bonds. The minimum Gasteiger partial charge on any atom is -0.598 e. The molecule has 0 radical (unpaired) electrons. The second-order valence-electron chi connectivity index (χ2n) is 6.78. The molecule has 1 aromatic carbocycles. The molecule has 118 valence electrons. The van der Waals surface area contributed by atoms with Crippen LogP contribution in [0.3, 0.4) is 0 Å². The van der Waals surface area contributed by atoms with E-state index in [0.29, 0.717) is 6.61 Å². The molecule has 0 bridgehead atoms. The van der Waals surface area contributed by atoms with Crippen LogP contribution in [0.15, 0.2) is 24.3 Å². The lowest BCUT2D eigenvalue weighted by molar-refractivity contribution is -0.0187. The van der Waals surface area contributed by atoms with Crippen molar-refractivity contribution in [3.8, 4) is 5.75 Å². The zero-order chi connectivity index (χ0) is 15.7. The monoisotopic (exact) mass is 311 g/mol. The third-order valence-corrected chi connectivity index (χ3v) is 5.15. The van der Waals surface area contributed by atoms with Crippen molar-refractivity contribution in [1.29, 1.82) is 0 Å². The number of rotatable bonds is 4. The number of ether oxygens (including phenoxy) is 2. The third-order valence-electron chi connectivity index (χ3n) is 3.54. The summed E-state index contributed by atoms with van der Waals surface area (Å²) >= 11 is -1.13. The van der Waals surface area contributed by atoms with Gasteiger partial charge in [-0.1, -0.05) is 18.2 Å². The summed E-state index contributed by atoms with van der Waals surface area (Å²) in [6.45, 7) is 8.43. The Labute approximate surface area is 130 Å². The summed E-state index contributed by atoms with van der Waals surface area (Å²) in [6.07, 6.45) is 0.722. The van der Waals surface area contributed by atoms with E-state index >= 15 is 0 Å². The van der Waals surface area contributed by atoms with E-state index in [1.165, 1.54) is 0 Å². The van der Waals surface area contributed by atoms with Crippen molar-refractivity contribution >= 4 is 11.4 Å². The number of benzene rings is 1. The van der Waals surface area contributed by atoms with E-state index in [1.807, 2.05) is 52.0 Å². The van der Waals surface area contributed by atoms with Crippen molar-refractivity contribution < 1.29 is 14.0 Å². The van der Waals surface area contributed by atoms with E-state index in [1.54, 1.807) is 7.11 Å². The number of hydrogen-bond donors (Lipinski definition) is 1. The van der Waals surface area contributed by atoms with Crippen LogP contribution in [0.4, 0.5) is 0 Å². The molecule has 1 aliphatic rings. The van der Waals surface area contributed by atoms with Crippen molar-refractivity contribution in [2.75, 3.05) is 13.7 Å². The molecule has 0 aliphatic carbocycles. The SMILES string of the molecule is COCC1(C)C[C@@H](N[S@+]([O-])C(C)(C)C)c2ccccc2O1. The van der Waals surface area contributed by atoms with Crippen molar-refractivity contribution in [2.45, 2.75) is 50.5 Å². The molecule has 1 aliphatic heterocycles. The van der Waals surface area contributed by atoms with Gasteiger partial charge in [0.15, 0.2) is 0 Å². The van der Waals surface area contributed by atoms with Crippen molar-refractivity contribution in [1.82, 2.24) is 4.72 Å². The maximum absolute atomic E-state index is 12.4. The summed E-state index contributed by atoms with van der Waals surface area (Å²) in [5, 5.41) is 0. The van der Waals surface area contributed by atoms with E-state index in [9.17, 15) is 4.55 Å². The van der Waals surface area contributed by atoms with Crippen LogP contribution in [-0.4, -0.2) is 28.6 Å². The highest BCUT2D eigenvalue weighted by atomic mass is 32.2. The van der Waals surface area contributed by atoms with E-state index in [2.05, 4.69) is 4.72 Å². The Kier molecular flexibility index (Phi) is 4.88. The number of nitrogens with one attached hydrogen (secondary N) is 1. The van der Waals surface area contributed by atoms with Gasteiger partial charge < -0.3 is 14.0 Å². The molecule has 1 unspecified atom stereocenters. The summed E-state index contributed by atoms with van der Waals surface area (Å²) in [5.41, 5.74) is 0.645. The van der Waals surface area contributed by atoms with Gasteiger partial charge in [-0.3, -0.25) is 0 Å². The molecule has 1 N–H and O–H groups in total. The zero-order valence-electron chi connectivity index (χ0n) is 13.4. The van der Waals surface area contributed by atoms with Crippen LogP contribution in [0.1, 0.15) is 45.7 Å². The minimum absolute atomic E-state index is 0.00448. The molecule has 0 fully saturated rings. The van der Waals surface area contributed by atoms with E-state index in [4.69, 9.17) is 9.47 Å². The van der Waals surface area contributed by atoms with Crippen LogP contribution >= 0.6 is 0 Å². The Bertz CT molecular complexity index is 489. The lowest BCUT2D eigenvalue weighted by Crippen LogP contribution is -2.48. The molecule has 1 aromatic rings. The van der Waals surface area contributed by atoms with Crippen molar-refractivity contribution in [3.05, 3.63) is 29.8 Å². The van der Waals surface area contributed by atoms with Gasteiger partial charge in [0, 0.05) is 30.5 Å². The van der Waals surface area contributed by atoms with Gasteiger partial charge in [0.05, 0.1) is 12.6 Å². The van der Waals surface area contributed by atoms with Gasteiger partial charge in [0.1, 0.15) is 16.1 Å². The summed E-state index contributed by atoms with van der Waals surface area (Å²) in [5.74, 6) is 0.840. The lowest BCUT2D eigenvalue weighted by Gasteiger charge is -2.40. The first-order valence-corrected chi connectivity index (χ1v) is 8.35.